The minimum atomic E-state index is -0.552. The fourth-order valence-corrected chi connectivity index (χ4v) is 1.43. The zero-order valence-corrected chi connectivity index (χ0v) is 7.95. The summed E-state index contributed by atoms with van der Waals surface area (Å²) >= 11 is 1.23. The van der Waals surface area contributed by atoms with E-state index < -0.39 is 6.67 Å². The third kappa shape index (κ3) is 2.66. The highest BCUT2D eigenvalue weighted by atomic mass is 32.1. The maximum absolute atomic E-state index is 11.7. The lowest BCUT2D eigenvalue weighted by molar-refractivity contribution is 0.0954. The first-order valence-electron chi connectivity index (χ1n) is 3.75. The SMILES string of the molecule is CNc1ncc(C(=O)NCCF)s1. The summed E-state index contributed by atoms with van der Waals surface area (Å²) in [4.78, 5) is 15.6. The van der Waals surface area contributed by atoms with E-state index in [4.69, 9.17) is 0 Å². The van der Waals surface area contributed by atoms with Gasteiger partial charge in [-0.1, -0.05) is 11.3 Å². The van der Waals surface area contributed by atoms with Gasteiger partial charge in [0.25, 0.3) is 5.91 Å². The topological polar surface area (TPSA) is 54.0 Å². The molecule has 1 rings (SSSR count). The predicted molar refractivity (Wildman–Crippen MR) is 50.0 cm³/mol. The normalized spacial score (nSPS) is 9.69. The van der Waals surface area contributed by atoms with E-state index in [9.17, 15) is 9.18 Å². The number of amides is 1. The summed E-state index contributed by atoms with van der Waals surface area (Å²) in [6, 6.07) is 0. The van der Waals surface area contributed by atoms with E-state index >= 15 is 0 Å². The van der Waals surface area contributed by atoms with Crippen LogP contribution in [-0.2, 0) is 0 Å². The molecule has 0 aliphatic heterocycles. The largest absolute Gasteiger partial charge is 0.365 e. The molecule has 0 aliphatic rings. The lowest BCUT2D eigenvalue weighted by Crippen LogP contribution is -2.24. The number of rotatable bonds is 4. The van der Waals surface area contributed by atoms with E-state index in [0.717, 1.165) is 0 Å². The molecule has 13 heavy (non-hydrogen) atoms. The van der Waals surface area contributed by atoms with Crippen molar-refractivity contribution in [2.75, 3.05) is 25.6 Å². The number of hydrogen-bond acceptors (Lipinski definition) is 4. The molecule has 0 radical (unpaired) electrons. The van der Waals surface area contributed by atoms with Gasteiger partial charge in [-0.25, -0.2) is 9.37 Å². The first-order valence-corrected chi connectivity index (χ1v) is 4.57. The molecule has 0 bridgehead atoms. The molecule has 0 spiro atoms. The highest BCUT2D eigenvalue weighted by Crippen LogP contribution is 2.16. The summed E-state index contributed by atoms with van der Waals surface area (Å²) in [5, 5.41) is 5.90. The predicted octanol–water partition coefficient (Wildman–Crippen LogP) is 0.884. The van der Waals surface area contributed by atoms with E-state index in [-0.39, 0.29) is 12.5 Å². The van der Waals surface area contributed by atoms with Crippen molar-refractivity contribution in [2.24, 2.45) is 0 Å². The number of aromatic nitrogens is 1. The summed E-state index contributed by atoms with van der Waals surface area (Å²) in [6.07, 6.45) is 1.46. The van der Waals surface area contributed by atoms with Crippen LogP contribution in [-0.4, -0.2) is 31.2 Å². The highest BCUT2D eigenvalue weighted by Gasteiger charge is 2.08. The summed E-state index contributed by atoms with van der Waals surface area (Å²) in [5.41, 5.74) is 0. The van der Waals surface area contributed by atoms with Gasteiger partial charge in [-0.2, -0.15) is 0 Å². The van der Waals surface area contributed by atoms with Gasteiger partial charge >= 0.3 is 0 Å². The van der Waals surface area contributed by atoms with Crippen molar-refractivity contribution >= 4 is 22.4 Å². The smallest absolute Gasteiger partial charge is 0.263 e. The highest BCUT2D eigenvalue weighted by molar-refractivity contribution is 7.17. The molecule has 0 atom stereocenters. The summed E-state index contributed by atoms with van der Waals surface area (Å²) in [5.74, 6) is -0.281. The minimum absolute atomic E-state index is 0.0472. The fourth-order valence-electron chi connectivity index (χ4n) is 0.743. The standard InChI is InChI=1S/C7H10FN3OS/c1-9-7-11-4-5(13-7)6(12)10-3-2-8/h4H,2-3H2,1H3,(H,9,11)(H,10,12). The Kier molecular flexibility index (Phi) is 3.63. The Morgan fingerprint density at radius 1 is 1.77 bits per heavy atom. The van der Waals surface area contributed by atoms with Crippen LogP contribution in [0.5, 0.6) is 0 Å². The van der Waals surface area contributed by atoms with Crippen LogP contribution in [0.2, 0.25) is 0 Å². The molecular formula is C7H10FN3OS. The van der Waals surface area contributed by atoms with Gasteiger partial charge in [0, 0.05) is 13.6 Å². The monoisotopic (exact) mass is 203 g/mol. The van der Waals surface area contributed by atoms with Gasteiger partial charge in [-0.15, -0.1) is 0 Å². The molecule has 0 fully saturated rings. The average molecular weight is 203 g/mol. The minimum Gasteiger partial charge on any atom is -0.365 e. The molecule has 2 N–H and O–H groups in total. The van der Waals surface area contributed by atoms with Gasteiger partial charge in [0.2, 0.25) is 0 Å². The number of nitrogens with zero attached hydrogens (tertiary/aromatic N) is 1. The maximum Gasteiger partial charge on any atom is 0.263 e. The van der Waals surface area contributed by atoms with E-state index in [1.165, 1.54) is 17.5 Å². The number of carbonyl (C=O) groups excluding carboxylic acids is 1. The molecule has 0 unspecified atom stereocenters. The molecule has 1 heterocycles. The maximum atomic E-state index is 11.7. The Morgan fingerprint density at radius 2 is 2.54 bits per heavy atom. The Bertz CT molecular complexity index is 289. The summed E-state index contributed by atoms with van der Waals surface area (Å²) in [6.45, 7) is -0.505. The van der Waals surface area contributed by atoms with Gasteiger partial charge in [0.1, 0.15) is 11.6 Å². The molecule has 4 nitrogen and oxygen atoms in total. The second kappa shape index (κ2) is 4.76. The Labute approximate surface area is 79.2 Å². The van der Waals surface area contributed by atoms with Gasteiger partial charge in [0.05, 0.1) is 6.20 Å². The molecular weight excluding hydrogens is 193 g/mol. The fraction of sp³-hybridized carbons (Fsp3) is 0.429. The van der Waals surface area contributed by atoms with Crippen molar-refractivity contribution in [2.45, 2.75) is 0 Å². The van der Waals surface area contributed by atoms with Crippen molar-refractivity contribution in [3.8, 4) is 0 Å². The number of thiazole rings is 1. The van der Waals surface area contributed by atoms with Crippen LogP contribution in [0.4, 0.5) is 9.52 Å². The van der Waals surface area contributed by atoms with Gasteiger partial charge in [0.15, 0.2) is 5.13 Å². The summed E-state index contributed by atoms with van der Waals surface area (Å²) < 4.78 is 11.7. The van der Waals surface area contributed by atoms with Gasteiger partial charge < -0.3 is 10.6 Å². The molecule has 0 aromatic carbocycles. The van der Waals surface area contributed by atoms with E-state index in [2.05, 4.69) is 15.6 Å². The average Bonchev–Trinajstić information content (AvgIpc) is 2.62. The molecule has 1 amide bonds. The number of anilines is 1. The molecule has 6 heteroatoms. The van der Waals surface area contributed by atoms with E-state index in [0.29, 0.717) is 10.0 Å². The van der Waals surface area contributed by atoms with Gasteiger partial charge in [-0.3, -0.25) is 4.79 Å². The van der Waals surface area contributed by atoms with Crippen LogP contribution in [0.3, 0.4) is 0 Å². The molecule has 0 saturated heterocycles. The Morgan fingerprint density at radius 3 is 3.08 bits per heavy atom. The van der Waals surface area contributed by atoms with E-state index in [1.807, 2.05) is 0 Å². The third-order valence-electron chi connectivity index (χ3n) is 1.32. The van der Waals surface area contributed by atoms with Crippen molar-refractivity contribution in [3.05, 3.63) is 11.1 Å². The second-order valence-electron chi connectivity index (χ2n) is 2.22. The number of hydrogen-bond donors (Lipinski definition) is 2. The van der Waals surface area contributed by atoms with Crippen LogP contribution < -0.4 is 10.6 Å². The van der Waals surface area contributed by atoms with Crippen molar-refractivity contribution in [3.63, 3.8) is 0 Å². The van der Waals surface area contributed by atoms with Crippen LogP contribution >= 0.6 is 11.3 Å². The van der Waals surface area contributed by atoms with Crippen LogP contribution in [0.1, 0.15) is 9.67 Å². The van der Waals surface area contributed by atoms with Crippen LogP contribution in [0.15, 0.2) is 6.20 Å². The van der Waals surface area contributed by atoms with Crippen molar-refractivity contribution < 1.29 is 9.18 Å². The molecule has 72 valence electrons. The zero-order valence-electron chi connectivity index (χ0n) is 7.13. The molecule has 1 aromatic heterocycles. The second-order valence-corrected chi connectivity index (χ2v) is 3.26. The van der Waals surface area contributed by atoms with Crippen molar-refractivity contribution in [1.29, 1.82) is 0 Å². The number of halogens is 1. The first-order chi connectivity index (χ1) is 6.27. The molecule has 1 aromatic rings. The Balaban J connectivity index is 2.55. The van der Waals surface area contributed by atoms with Crippen LogP contribution in [0, 0.1) is 0 Å². The number of alkyl halides is 1. The lowest BCUT2D eigenvalue weighted by Gasteiger charge is -1.97. The lowest BCUT2D eigenvalue weighted by atomic mass is 10.5. The zero-order chi connectivity index (χ0) is 9.68. The number of carbonyl (C=O) groups is 1. The number of nitrogens with one attached hydrogen (secondary N) is 2. The summed E-state index contributed by atoms with van der Waals surface area (Å²) in [7, 11) is 1.72. The third-order valence-corrected chi connectivity index (χ3v) is 2.34. The molecule has 0 saturated carbocycles. The molecule has 0 aliphatic carbocycles. The van der Waals surface area contributed by atoms with Crippen LogP contribution in [0.25, 0.3) is 0 Å². The van der Waals surface area contributed by atoms with Gasteiger partial charge in [-0.05, 0) is 0 Å². The Hall–Kier alpha value is -1.17. The van der Waals surface area contributed by atoms with Crippen molar-refractivity contribution in [1.82, 2.24) is 10.3 Å². The first kappa shape index (κ1) is 9.91. The van der Waals surface area contributed by atoms with E-state index in [1.54, 1.807) is 7.05 Å². The quantitative estimate of drug-likeness (QED) is 0.764.